The summed E-state index contributed by atoms with van der Waals surface area (Å²) in [4.78, 5) is 31.5. The minimum Gasteiger partial charge on any atom is -0.338 e. The van der Waals surface area contributed by atoms with Crippen LogP contribution in [0, 0.1) is 5.82 Å². The molecule has 3 aromatic rings. The topological polar surface area (TPSA) is 73.0 Å². The molecule has 1 saturated heterocycles. The molecule has 140 valence electrons. The number of benzene rings is 1. The standard InChI is InChI=1S/C19H20FN5O2/c1-13-4-2-3-9-24(13)17(26)11-23-12-21-18-16(19(23)27)10-22-25(18)15-7-5-14(20)6-8-15/h5-8,10,12-13H,2-4,9,11H2,1H3/t13-/m1/s1. The van der Waals surface area contributed by atoms with Crippen LogP contribution in [0.25, 0.3) is 16.7 Å². The lowest BCUT2D eigenvalue weighted by molar-refractivity contribution is -0.135. The molecule has 27 heavy (non-hydrogen) atoms. The molecule has 0 N–H and O–H groups in total. The third-order valence-corrected chi connectivity index (χ3v) is 5.05. The van der Waals surface area contributed by atoms with Gasteiger partial charge in [-0.15, -0.1) is 0 Å². The van der Waals surface area contributed by atoms with Gasteiger partial charge in [0.2, 0.25) is 5.91 Å². The Bertz CT molecular complexity index is 1040. The van der Waals surface area contributed by atoms with Crippen LogP contribution in [-0.4, -0.2) is 42.7 Å². The molecule has 4 rings (SSSR count). The van der Waals surface area contributed by atoms with Gasteiger partial charge in [0.05, 0.1) is 11.9 Å². The van der Waals surface area contributed by atoms with E-state index in [1.54, 1.807) is 12.1 Å². The monoisotopic (exact) mass is 369 g/mol. The number of halogens is 1. The summed E-state index contributed by atoms with van der Waals surface area (Å²) in [5.41, 5.74) is 0.669. The normalized spacial score (nSPS) is 17.4. The predicted molar refractivity (Wildman–Crippen MR) is 98.1 cm³/mol. The van der Waals surface area contributed by atoms with Gasteiger partial charge in [0.25, 0.3) is 5.56 Å². The van der Waals surface area contributed by atoms with E-state index in [4.69, 9.17) is 0 Å². The van der Waals surface area contributed by atoms with Crippen LogP contribution in [0.4, 0.5) is 4.39 Å². The zero-order valence-corrected chi connectivity index (χ0v) is 15.0. The van der Waals surface area contributed by atoms with Gasteiger partial charge < -0.3 is 4.90 Å². The Kier molecular flexibility index (Phi) is 4.47. The maximum absolute atomic E-state index is 13.1. The molecule has 1 aromatic carbocycles. The van der Waals surface area contributed by atoms with Crippen molar-refractivity contribution in [2.24, 2.45) is 0 Å². The Hall–Kier alpha value is -3.03. The number of likely N-dealkylation sites (tertiary alicyclic amines) is 1. The summed E-state index contributed by atoms with van der Waals surface area (Å²) in [5, 5.41) is 4.52. The van der Waals surface area contributed by atoms with Gasteiger partial charge in [0, 0.05) is 12.6 Å². The minimum absolute atomic E-state index is 0.0339. The Balaban J connectivity index is 1.64. The summed E-state index contributed by atoms with van der Waals surface area (Å²) in [6.45, 7) is 2.73. The second-order valence-corrected chi connectivity index (χ2v) is 6.88. The minimum atomic E-state index is -0.351. The van der Waals surface area contributed by atoms with E-state index in [2.05, 4.69) is 10.1 Å². The number of carbonyl (C=O) groups excluding carboxylic acids is 1. The van der Waals surface area contributed by atoms with Gasteiger partial charge in [0.1, 0.15) is 24.1 Å². The molecular formula is C19H20FN5O2. The van der Waals surface area contributed by atoms with Crippen LogP contribution in [-0.2, 0) is 11.3 Å². The number of piperidine rings is 1. The number of hydrogen-bond donors (Lipinski definition) is 0. The van der Waals surface area contributed by atoms with Gasteiger partial charge in [-0.3, -0.25) is 14.2 Å². The predicted octanol–water partition coefficient (Wildman–Crippen LogP) is 2.12. The Morgan fingerprint density at radius 1 is 1.26 bits per heavy atom. The lowest BCUT2D eigenvalue weighted by Gasteiger charge is -2.33. The van der Waals surface area contributed by atoms with Crippen LogP contribution in [0.5, 0.6) is 0 Å². The second-order valence-electron chi connectivity index (χ2n) is 6.88. The summed E-state index contributed by atoms with van der Waals surface area (Å²) in [6.07, 6.45) is 5.91. The van der Waals surface area contributed by atoms with Crippen molar-refractivity contribution in [3.63, 3.8) is 0 Å². The van der Waals surface area contributed by atoms with Crippen LogP contribution in [0.2, 0.25) is 0 Å². The zero-order valence-electron chi connectivity index (χ0n) is 15.0. The van der Waals surface area contributed by atoms with Gasteiger partial charge in [-0.05, 0) is 50.5 Å². The van der Waals surface area contributed by atoms with Gasteiger partial charge in [0.15, 0.2) is 5.65 Å². The van der Waals surface area contributed by atoms with E-state index in [-0.39, 0.29) is 29.9 Å². The van der Waals surface area contributed by atoms with Gasteiger partial charge in [-0.25, -0.2) is 14.1 Å². The summed E-state index contributed by atoms with van der Waals surface area (Å²) in [7, 11) is 0. The largest absolute Gasteiger partial charge is 0.338 e. The molecule has 1 aliphatic heterocycles. The smallest absolute Gasteiger partial charge is 0.264 e. The fourth-order valence-electron chi connectivity index (χ4n) is 3.54. The Labute approximate surface area is 155 Å². The van der Waals surface area contributed by atoms with E-state index in [1.165, 1.54) is 33.9 Å². The number of amides is 1. The third kappa shape index (κ3) is 3.22. The van der Waals surface area contributed by atoms with E-state index in [0.29, 0.717) is 16.7 Å². The van der Waals surface area contributed by atoms with Crippen LogP contribution in [0.3, 0.4) is 0 Å². The first-order valence-electron chi connectivity index (χ1n) is 9.03. The van der Waals surface area contributed by atoms with Crippen molar-refractivity contribution < 1.29 is 9.18 Å². The van der Waals surface area contributed by atoms with Crippen molar-refractivity contribution in [1.82, 2.24) is 24.2 Å². The first-order chi connectivity index (χ1) is 13.0. The molecule has 3 heterocycles. The first-order valence-corrected chi connectivity index (χ1v) is 9.03. The molecule has 2 aromatic heterocycles. The van der Waals surface area contributed by atoms with Gasteiger partial charge in [-0.2, -0.15) is 5.10 Å². The third-order valence-electron chi connectivity index (χ3n) is 5.05. The summed E-state index contributed by atoms with van der Waals surface area (Å²) >= 11 is 0. The van der Waals surface area contributed by atoms with E-state index in [1.807, 2.05) is 11.8 Å². The van der Waals surface area contributed by atoms with E-state index >= 15 is 0 Å². The highest BCUT2D eigenvalue weighted by atomic mass is 19.1. The molecule has 1 fully saturated rings. The highest BCUT2D eigenvalue weighted by molar-refractivity contribution is 5.78. The summed E-state index contributed by atoms with van der Waals surface area (Å²) in [6, 6.07) is 5.97. The van der Waals surface area contributed by atoms with Crippen LogP contribution < -0.4 is 5.56 Å². The van der Waals surface area contributed by atoms with Gasteiger partial charge in [-0.1, -0.05) is 0 Å². The average molecular weight is 369 g/mol. The highest BCUT2D eigenvalue weighted by Gasteiger charge is 2.24. The summed E-state index contributed by atoms with van der Waals surface area (Å²) in [5.74, 6) is -0.424. The molecule has 0 saturated carbocycles. The van der Waals surface area contributed by atoms with Crippen molar-refractivity contribution in [3.8, 4) is 5.69 Å². The Morgan fingerprint density at radius 2 is 2.04 bits per heavy atom. The fraction of sp³-hybridized carbons (Fsp3) is 0.368. The molecule has 0 aliphatic carbocycles. The lowest BCUT2D eigenvalue weighted by Crippen LogP contribution is -2.44. The molecule has 0 spiro atoms. The van der Waals surface area contributed by atoms with Crippen molar-refractivity contribution >= 4 is 16.9 Å². The Morgan fingerprint density at radius 3 is 2.78 bits per heavy atom. The fourth-order valence-corrected chi connectivity index (χ4v) is 3.54. The van der Waals surface area contributed by atoms with Crippen LogP contribution >= 0.6 is 0 Å². The number of aromatic nitrogens is 4. The van der Waals surface area contributed by atoms with Crippen molar-refractivity contribution in [1.29, 1.82) is 0 Å². The lowest BCUT2D eigenvalue weighted by atomic mass is 10.0. The zero-order chi connectivity index (χ0) is 19.0. The van der Waals surface area contributed by atoms with Crippen LogP contribution in [0.15, 0.2) is 41.6 Å². The van der Waals surface area contributed by atoms with E-state index in [9.17, 15) is 14.0 Å². The number of nitrogens with zero attached hydrogens (tertiary/aromatic N) is 5. The molecule has 0 radical (unpaired) electrons. The molecule has 8 heteroatoms. The molecule has 1 atom stereocenters. The van der Waals surface area contributed by atoms with Crippen molar-refractivity contribution in [3.05, 3.63) is 53.0 Å². The van der Waals surface area contributed by atoms with E-state index < -0.39 is 0 Å². The first kappa shape index (κ1) is 17.4. The number of hydrogen-bond acceptors (Lipinski definition) is 4. The second kappa shape index (κ2) is 6.94. The SMILES string of the molecule is C[C@@H]1CCCCN1C(=O)Cn1cnc2c(cnn2-c2ccc(F)cc2)c1=O. The molecule has 1 aliphatic rings. The van der Waals surface area contributed by atoms with Gasteiger partial charge >= 0.3 is 0 Å². The number of rotatable bonds is 3. The highest BCUT2D eigenvalue weighted by Crippen LogP contribution is 2.17. The number of fused-ring (bicyclic) bond motifs is 1. The molecule has 7 nitrogen and oxygen atoms in total. The average Bonchev–Trinajstić information content (AvgIpc) is 3.10. The molecule has 0 bridgehead atoms. The molecule has 0 unspecified atom stereocenters. The maximum atomic E-state index is 13.1. The quantitative estimate of drug-likeness (QED) is 0.709. The van der Waals surface area contributed by atoms with Crippen molar-refractivity contribution in [2.45, 2.75) is 38.8 Å². The van der Waals surface area contributed by atoms with Crippen molar-refractivity contribution in [2.75, 3.05) is 6.54 Å². The summed E-state index contributed by atoms with van der Waals surface area (Å²) < 4.78 is 15.9. The van der Waals surface area contributed by atoms with Crippen LogP contribution in [0.1, 0.15) is 26.2 Å². The van der Waals surface area contributed by atoms with E-state index in [0.717, 1.165) is 25.8 Å². The number of carbonyl (C=O) groups is 1. The maximum Gasteiger partial charge on any atom is 0.264 e. The molecule has 1 amide bonds. The molecular weight excluding hydrogens is 349 g/mol.